The van der Waals surface area contributed by atoms with E-state index in [1.165, 1.54) is 89.5 Å². The maximum atomic E-state index is 12.2. The Hall–Kier alpha value is -1.20. The molecule has 0 aliphatic heterocycles. The van der Waals surface area contributed by atoms with E-state index in [1.54, 1.807) is 6.08 Å². The van der Waals surface area contributed by atoms with Crippen LogP contribution in [0.3, 0.4) is 0 Å². The lowest BCUT2D eigenvalue weighted by atomic mass is 9.96. The monoisotopic (exact) mass is 453 g/mol. The molecule has 0 saturated heterocycles. The summed E-state index contributed by atoms with van der Waals surface area (Å²) in [5, 5.41) is 21.5. The van der Waals surface area contributed by atoms with E-state index in [-0.39, 0.29) is 6.54 Å². The summed E-state index contributed by atoms with van der Waals surface area (Å²) in [6.07, 6.45) is 22.3. The van der Waals surface area contributed by atoms with Crippen molar-refractivity contribution in [2.24, 2.45) is 5.92 Å². The summed E-state index contributed by atoms with van der Waals surface area (Å²) in [6.45, 7) is 2.44. The molecule has 5 heteroatoms. The molecule has 2 unspecified atom stereocenters. The molecule has 0 aromatic rings. The minimum absolute atomic E-state index is 0.178. The lowest BCUT2D eigenvalue weighted by molar-refractivity contribution is -0.873. The van der Waals surface area contributed by atoms with E-state index in [9.17, 15) is 19.8 Å². The van der Waals surface area contributed by atoms with Crippen molar-refractivity contribution < 1.29 is 24.3 Å². The molecule has 0 aromatic carbocycles. The Morgan fingerprint density at radius 1 is 0.781 bits per heavy atom. The summed E-state index contributed by atoms with van der Waals surface area (Å²) in [5.41, 5.74) is 0. The molecule has 0 amide bonds. The van der Waals surface area contributed by atoms with E-state index in [0.717, 1.165) is 19.3 Å². The molecule has 0 rings (SSSR count). The van der Waals surface area contributed by atoms with Gasteiger partial charge < -0.3 is 19.5 Å². The molecule has 2 atom stereocenters. The van der Waals surface area contributed by atoms with Crippen LogP contribution >= 0.6 is 0 Å². The van der Waals surface area contributed by atoms with Crippen molar-refractivity contribution in [3.63, 3.8) is 0 Å². The number of hydrogen-bond donors (Lipinski definition) is 1. The molecular formula is C27H51NO4. The number of likely N-dealkylation sites (N-methyl/N-ethyl adjacent to an activating group) is 1. The quantitative estimate of drug-likeness (QED) is 0.110. The Bertz CT molecular complexity index is 510. The van der Waals surface area contributed by atoms with Crippen LogP contribution in [0.25, 0.3) is 0 Å². The highest BCUT2D eigenvalue weighted by Crippen LogP contribution is 2.14. The first-order chi connectivity index (χ1) is 15.2. The molecule has 0 fully saturated rings. The number of ketones is 1. The number of nitrogens with zero attached hydrogens (tertiary/aromatic N) is 1. The van der Waals surface area contributed by atoms with Crippen LogP contribution in [0.5, 0.6) is 0 Å². The molecule has 32 heavy (non-hydrogen) atoms. The van der Waals surface area contributed by atoms with Gasteiger partial charge in [-0.1, -0.05) is 103 Å². The third-order valence-electron chi connectivity index (χ3n) is 5.94. The molecule has 0 radical (unpaired) electrons. The molecule has 5 nitrogen and oxygen atoms in total. The number of hydrogen-bond acceptors (Lipinski definition) is 4. The summed E-state index contributed by atoms with van der Waals surface area (Å²) in [4.78, 5) is 23.5. The van der Waals surface area contributed by atoms with Crippen molar-refractivity contribution in [1.82, 2.24) is 0 Å². The van der Waals surface area contributed by atoms with Crippen molar-refractivity contribution in [2.45, 2.75) is 116 Å². The third-order valence-corrected chi connectivity index (χ3v) is 5.94. The van der Waals surface area contributed by atoms with Gasteiger partial charge in [-0.05, 0) is 18.9 Å². The lowest BCUT2D eigenvalue weighted by Crippen LogP contribution is -2.50. The topological polar surface area (TPSA) is 77.4 Å². The normalized spacial score (nSPS) is 14.0. The van der Waals surface area contributed by atoms with Gasteiger partial charge in [-0.3, -0.25) is 4.79 Å². The number of carbonyl (C=O) groups is 2. The average Bonchev–Trinajstić information content (AvgIpc) is 2.68. The van der Waals surface area contributed by atoms with E-state index in [1.807, 2.05) is 21.1 Å². The van der Waals surface area contributed by atoms with Gasteiger partial charge in [0.2, 0.25) is 0 Å². The van der Waals surface area contributed by atoms with Gasteiger partial charge >= 0.3 is 0 Å². The zero-order chi connectivity index (χ0) is 24.2. The predicted octanol–water partition coefficient (Wildman–Crippen LogP) is 4.81. The number of quaternary nitrogens is 1. The van der Waals surface area contributed by atoms with Crippen LogP contribution in [0.2, 0.25) is 0 Å². The first-order valence-electron chi connectivity index (χ1n) is 13.1. The smallest absolute Gasteiger partial charge is 0.166 e. The van der Waals surface area contributed by atoms with Crippen LogP contribution in [0.1, 0.15) is 110 Å². The molecule has 0 bridgehead atoms. The average molecular weight is 454 g/mol. The van der Waals surface area contributed by atoms with E-state index < -0.39 is 23.8 Å². The van der Waals surface area contributed by atoms with Crippen LogP contribution in [0.15, 0.2) is 12.2 Å². The van der Waals surface area contributed by atoms with Crippen molar-refractivity contribution in [3.05, 3.63) is 12.2 Å². The highest BCUT2D eigenvalue weighted by molar-refractivity contribution is 6.04. The first-order valence-corrected chi connectivity index (χ1v) is 13.1. The highest BCUT2D eigenvalue weighted by atomic mass is 16.4. The number of rotatable bonds is 22. The zero-order valence-corrected chi connectivity index (χ0v) is 21.4. The SMILES string of the molecule is CCCCCCCCCCCCCCCCC/C=C\C(=O)C(C(=O)[O-])C(O)C[N+](C)(C)C. The highest BCUT2D eigenvalue weighted by Gasteiger charge is 2.30. The molecular weight excluding hydrogens is 402 g/mol. The molecule has 0 saturated carbocycles. The minimum Gasteiger partial charge on any atom is -0.549 e. The van der Waals surface area contributed by atoms with E-state index in [2.05, 4.69) is 6.92 Å². The number of aliphatic hydroxyl groups excluding tert-OH is 1. The van der Waals surface area contributed by atoms with Gasteiger partial charge in [0.25, 0.3) is 0 Å². The van der Waals surface area contributed by atoms with Gasteiger partial charge in [0.1, 0.15) is 12.6 Å². The predicted molar refractivity (Wildman–Crippen MR) is 131 cm³/mol. The molecule has 0 heterocycles. The van der Waals surface area contributed by atoms with Gasteiger partial charge in [0.15, 0.2) is 5.78 Å². The van der Waals surface area contributed by atoms with Crippen LogP contribution in [-0.2, 0) is 9.59 Å². The standard InChI is InChI=1S/C27H51NO4/c1-5-6-7-8-9-10-11-12-13-14-15-16-17-18-19-20-21-22-24(29)26(27(31)32)25(30)23-28(2,3)4/h21-22,25-26,30H,5-20,23H2,1-4H3/b22-21-. The first kappa shape index (κ1) is 30.8. The summed E-state index contributed by atoms with van der Waals surface area (Å²) in [5.74, 6) is -3.58. The number of carboxylic acid groups (broad SMARTS) is 1. The van der Waals surface area contributed by atoms with Crippen molar-refractivity contribution in [2.75, 3.05) is 27.7 Å². The van der Waals surface area contributed by atoms with E-state index in [4.69, 9.17) is 0 Å². The second-order valence-electron chi connectivity index (χ2n) is 10.4. The molecule has 0 aliphatic rings. The van der Waals surface area contributed by atoms with Crippen molar-refractivity contribution >= 4 is 11.8 Å². The maximum Gasteiger partial charge on any atom is 0.166 e. The van der Waals surface area contributed by atoms with Crippen molar-refractivity contribution in [1.29, 1.82) is 0 Å². The fourth-order valence-electron chi connectivity index (χ4n) is 4.07. The number of unbranched alkanes of at least 4 members (excludes halogenated alkanes) is 15. The Morgan fingerprint density at radius 3 is 1.56 bits per heavy atom. The molecule has 1 N–H and O–H groups in total. The van der Waals surface area contributed by atoms with E-state index in [0.29, 0.717) is 4.48 Å². The van der Waals surface area contributed by atoms with Gasteiger partial charge in [-0.15, -0.1) is 0 Å². The van der Waals surface area contributed by atoms with E-state index >= 15 is 0 Å². The number of allylic oxidation sites excluding steroid dienone is 2. The summed E-state index contributed by atoms with van der Waals surface area (Å²) in [7, 11) is 5.52. The molecule has 0 spiro atoms. The van der Waals surface area contributed by atoms with Crippen molar-refractivity contribution in [3.8, 4) is 0 Å². The summed E-state index contributed by atoms with van der Waals surface area (Å²) >= 11 is 0. The van der Waals surface area contributed by atoms with Gasteiger partial charge in [-0.25, -0.2) is 0 Å². The number of carboxylic acids is 1. The molecule has 0 aliphatic carbocycles. The van der Waals surface area contributed by atoms with Crippen LogP contribution in [0, 0.1) is 5.92 Å². The molecule has 188 valence electrons. The minimum atomic E-state index is -1.51. The second kappa shape index (κ2) is 19.3. The largest absolute Gasteiger partial charge is 0.549 e. The number of carbonyl (C=O) groups excluding carboxylic acids is 2. The van der Waals surface area contributed by atoms with Gasteiger partial charge in [0, 0.05) is 0 Å². The summed E-state index contributed by atoms with van der Waals surface area (Å²) < 4.78 is 0.376. The molecule has 0 aromatic heterocycles. The van der Waals surface area contributed by atoms with Crippen LogP contribution in [0.4, 0.5) is 0 Å². The van der Waals surface area contributed by atoms with Crippen LogP contribution < -0.4 is 5.11 Å². The van der Waals surface area contributed by atoms with Gasteiger partial charge in [-0.2, -0.15) is 0 Å². The zero-order valence-electron chi connectivity index (χ0n) is 21.4. The Morgan fingerprint density at radius 2 is 1.19 bits per heavy atom. The Balaban J connectivity index is 3.72. The maximum absolute atomic E-state index is 12.2. The second-order valence-corrected chi connectivity index (χ2v) is 10.4. The third kappa shape index (κ3) is 18.4. The summed E-state index contributed by atoms with van der Waals surface area (Å²) in [6, 6.07) is 0. The lowest BCUT2D eigenvalue weighted by Gasteiger charge is -2.30. The fourth-order valence-corrected chi connectivity index (χ4v) is 4.07. The Labute approximate surface area is 197 Å². The number of aliphatic carboxylic acids is 1. The van der Waals surface area contributed by atoms with Gasteiger partial charge in [0.05, 0.1) is 33.0 Å². The Kier molecular flexibility index (Phi) is 18.6. The number of aliphatic hydroxyl groups is 1. The van der Waals surface area contributed by atoms with Crippen LogP contribution in [-0.4, -0.2) is 55.1 Å². The fraction of sp³-hybridized carbons (Fsp3) is 0.852.